The first-order valence-corrected chi connectivity index (χ1v) is 6.03. The van der Waals surface area contributed by atoms with Crippen LogP contribution < -0.4 is 11.1 Å². The minimum absolute atomic E-state index is 0. The predicted molar refractivity (Wildman–Crippen MR) is 77.5 cm³/mol. The molecule has 104 valence electrons. The molecule has 0 saturated heterocycles. The maximum absolute atomic E-state index is 11.8. The van der Waals surface area contributed by atoms with E-state index in [-0.39, 0.29) is 18.3 Å². The lowest BCUT2D eigenvalue weighted by molar-refractivity contribution is -0.117. The summed E-state index contributed by atoms with van der Waals surface area (Å²) >= 11 is 0. The minimum Gasteiger partial charge on any atom is -0.441 e. The number of fused-ring (bicyclic) bond motifs is 1. The summed E-state index contributed by atoms with van der Waals surface area (Å²) in [6.07, 6.45) is 1.56. The lowest BCUT2D eigenvalue weighted by atomic mass is 10.1. The molecule has 0 aliphatic heterocycles. The Morgan fingerprint density at radius 1 is 1.53 bits per heavy atom. The molecule has 0 aliphatic carbocycles. The van der Waals surface area contributed by atoms with E-state index in [9.17, 15) is 4.79 Å². The van der Waals surface area contributed by atoms with E-state index in [4.69, 9.17) is 10.2 Å². The van der Waals surface area contributed by atoms with Crippen molar-refractivity contribution in [3.8, 4) is 0 Å². The van der Waals surface area contributed by atoms with Crippen LogP contribution >= 0.6 is 12.4 Å². The van der Waals surface area contributed by atoms with Gasteiger partial charge in [0.05, 0.1) is 6.04 Å². The summed E-state index contributed by atoms with van der Waals surface area (Å²) in [7, 11) is 0. The fraction of sp³-hybridized carbons (Fsp3) is 0.385. The van der Waals surface area contributed by atoms with Crippen LogP contribution in [0.25, 0.3) is 11.1 Å². The Labute approximate surface area is 118 Å². The second-order valence-electron chi connectivity index (χ2n) is 4.30. The fourth-order valence-corrected chi connectivity index (χ4v) is 1.79. The Kier molecular flexibility index (Phi) is 5.32. The fourth-order valence-electron chi connectivity index (χ4n) is 1.79. The molecule has 19 heavy (non-hydrogen) atoms. The first-order chi connectivity index (χ1) is 8.60. The van der Waals surface area contributed by atoms with Crippen molar-refractivity contribution in [2.75, 3.05) is 5.32 Å². The molecule has 0 saturated carbocycles. The maximum atomic E-state index is 11.8. The first-order valence-electron chi connectivity index (χ1n) is 6.03. The number of anilines is 1. The van der Waals surface area contributed by atoms with Gasteiger partial charge in [-0.2, -0.15) is 0 Å². The van der Waals surface area contributed by atoms with Gasteiger partial charge in [-0.25, -0.2) is 4.98 Å². The lowest BCUT2D eigenvalue weighted by Gasteiger charge is -2.10. The van der Waals surface area contributed by atoms with Gasteiger partial charge in [-0.3, -0.25) is 4.79 Å². The number of hydrogen-bond donors (Lipinski definition) is 2. The molecule has 0 spiro atoms. The van der Waals surface area contributed by atoms with Gasteiger partial charge in [-0.15, -0.1) is 12.4 Å². The van der Waals surface area contributed by atoms with Crippen molar-refractivity contribution in [1.82, 2.24) is 4.98 Å². The van der Waals surface area contributed by atoms with E-state index in [0.717, 1.165) is 11.9 Å². The number of benzene rings is 1. The zero-order valence-corrected chi connectivity index (χ0v) is 11.8. The predicted octanol–water partition coefficient (Wildman–Crippen LogP) is 2.62. The van der Waals surface area contributed by atoms with Crippen LogP contribution in [0.5, 0.6) is 0 Å². The topological polar surface area (TPSA) is 81.2 Å². The zero-order chi connectivity index (χ0) is 13.1. The summed E-state index contributed by atoms with van der Waals surface area (Å²) in [4.78, 5) is 16.0. The Morgan fingerprint density at radius 2 is 2.26 bits per heavy atom. The van der Waals surface area contributed by atoms with Gasteiger partial charge in [0, 0.05) is 18.7 Å². The van der Waals surface area contributed by atoms with Crippen LogP contribution in [0.1, 0.15) is 25.7 Å². The summed E-state index contributed by atoms with van der Waals surface area (Å²) in [5, 5.41) is 2.78. The molecule has 1 amide bonds. The molecule has 1 aromatic carbocycles. The molecule has 1 unspecified atom stereocenters. The molecule has 2 aromatic rings. The molecular formula is C13H18ClN3O2. The van der Waals surface area contributed by atoms with Gasteiger partial charge in [-0.1, -0.05) is 13.3 Å². The number of hydrogen-bond acceptors (Lipinski definition) is 4. The largest absolute Gasteiger partial charge is 0.441 e. The van der Waals surface area contributed by atoms with E-state index in [1.165, 1.54) is 0 Å². The van der Waals surface area contributed by atoms with Gasteiger partial charge in [0.1, 0.15) is 5.52 Å². The van der Waals surface area contributed by atoms with Crippen LogP contribution in [-0.2, 0) is 4.79 Å². The van der Waals surface area contributed by atoms with Gasteiger partial charge in [0.2, 0.25) is 5.91 Å². The number of nitrogens with one attached hydrogen (secondary N) is 1. The number of nitrogens with two attached hydrogens (primary N) is 1. The number of nitrogens with zero attached hydrogens (tertiary/aromatic N) is 1. The zero-order valence-electron chi connectivity index (χ0n) is 11.0. The molecule has 3 N–H and O–H groups in total. The monoisotopic (exact) mass is 283 g/mol. The van der Waals surface area contributed by atoms with Crippen LogP contribution in [0.4, 0.5) is 5.69 Å². The molecule has 0 aliphatic rings. The van der Waals surface area contributed by atoms with E-state index in [1.54, 1.807) is 19.1 Å². The summed E-state index contributed by atoms with van der Waals surface area (Å²) in [5.41, 5.74) is 7.86. The molecule has 6 heteroatoms. The maximum Gasteiger partial charge on any atom is 0.241 e. The van der Waals surface area contributed by atoms with E-state index in [0.29, 0.717) is 23.6 Å². The lowest BCUT2D eigenvalue weighted by Crippen LogP contribution is -2.35. The quantitative estimate of drug-likeness (QED) is 0.904. The van der Waals surface area contributed by atoms with E-state index >= 15 is 0 Å². The van der Waals surface area contributed by atoms with E-state index in [1.807, 2.05) is 13.0 Å². The van der Waals surface area contributed by atoms with Gasteiger partial charge in [0.25, 0.3) is 0 Å². The van der Waals surface area contributed by atoms with Crippen molar-refractivity contribution >= 4 is 35.1 Å². The molecule has 1 aromatic heterocycles. The molecule has 0 fully saturated rings. The number of halogens is 1. The number of carbonyl (C=O) groups is 1. The van der Waals surface area contributed by atoms with Crippen molar-refractivity contribution in [2.24, 2.45) is 5.73 Å². The number of rotatable bonds is 4. The highest BCUT2D eigenvalue weighted by Gasteiger charge is 2.13. The summed E-state index contributed by atoms with van der Waals surface area (Å²) in [5.74, 6) is 0.434. The van der Waals surface area contributed by atoms with Crippen LogP contribution in [0.3, 0.4) is 0 Å². The summed E-state index contributed by atoms with van der Waals surface area (Å²) in [6, 6.07) is 4.89. The summed E-state index contributed by atoms with van der Waals surface area (Å²) < 4.78 is 5.40. The van der Waals surface area contributed by atoms with Crippen molar-refractivity contribution in [3.63, 3.8) is 0 Å². The number of amides is 1. The number of oxazole rings is 1. The highest BCUT2D eigenvalue weighted by atomic mass is 35.5. The first kappa shape index (κ1) is 15.5. The van der Waals surface area contributed by atoms with Crippen molar-refractivity contribution in [2.45, 2.75) is 32.7 Å². The molecule has 1 atom stereocenters. The number of carbonyl (C=O) groups excluding carboxylic acids is 1. The van der Waals surface area contributed by atoms with Crippen LogP contribution in [0, 0.1) is 6.92 Å². The molecule has 0 radical (unpaired) electrons. The molecule has 1 heterocycles. The van der Waals surface area contributed by atoms with Gasteiger partial charge >= 0.3 is 0 Å². The number of aryl methyl sites for hydroxylation is 1. The Balaban J connectivity index is 0.00000180. The smallest absolute Gasteiger partial charge is 0.241 e. The normalized spacial score (nSPS) is 11.9. The third-order valence-corrected chi connectivity index (χ3v) is 2.70. The number of aromatic nitrogens is 1. The van der Waals surface area contributed by atoms with Gasteiger partial charge in [-0.05, 0) is 18.6 Å². The third-order valence-electron chi connectivity index (χ3n) is 2.70. The third kappa shape index (κ3) is 3.68. The van der Waals surface area contributed by atoms with Crippen LogP contribution in [0.2, 0.25) is 0 Å². The Hall–Kier alpha value is -1.59. The molecular weight excluding hydrogens is 266 g/mol. The molecule has 0 bridgehead atoms. The second kappa shape index (κ2) is 6.54. The van der Waals surface area contributed by atoms with Crippen molar-refractivity contribution in [1.29, 1.82) is 0 Å². The van der Waals surface area contributed by atoms with Crippen LogP contribution in [0.15, 0.2) is 22.6 Å². The van der Waals surface area contributed by atoms with Crippen LogP contribution in [-0.4, -0.2) is 16.9 Å². The van der Waals surface area contributed by atoms with Crippen molar-refractivity contribution < 1.29 is 9.21 Å². The Morgan fingerprint density at radius 3 is 2.95 bits per heavy atom. The van der Waals surface area contributed by atoms with E-state index < -0.39 is 6.04 Å². The molecule has 2 rings (SSSR count). The average Bonchev–Trinajstić information content (AvgIpc) is 2.68. The van der Waals surface area contributed by atoms with Gasteiger partial charge < -0.3 is 15.5 Å². The second-order valence-corrected chi connectivity index (χ2v) is 4.30. The van der Waals surface area contributed by atoms with E-state index in [2.05, 4.69) is 10.3 Å². The average molecular weight is 284 g/mol. The SMILES string of the molecule is CCCC(N)C(=O)Nc1ccc2nc(C)oc2c1.Cl. The Bertz CT molecular complexity index is 568. The molecule has 5 nitrogen and oxygen atoms in total. The highest BCUT2D eigenvalue weighted by Crippen LogP contribution is 2.19. The standard InChI is InChI=1S/C13H17N3O2.ClH/c1-3-4-10(14)13(17)16-9-5-6-11-12(7-9)18-8(2)15-11;/h5-7,10H,3-4,14H2,1-2H3,(H,16,17);1H. The van der Waals surface area contributed by atoms with Crippen molar-refractivity contribution in [3.05, 3.63) is 24.1 Å². The minimum atomic E-state index is -0.470. The summed E-state index contributed by atoms with van der Waals surface area (Å²) in [6.45, 7) is 3.78. The van der Waals surface area contributed by atoms with Gasteiger partial charge in [0.15, 0.2) is 11.5 Å². The highest BCUT2D eigenvalue weighted by molar-refractivity contribution is 5.96.